The van der Waals surface area contributed by atoms with Gasteiger partial charge in [-0.05, 0) is 37.7 Å². The molecule has 0 radical (unpaired) electrons. The molecular formula is C19H20N6O6. The Balaban J connectivity index is 1.49. The maximum Gasteiger partial charge on any atom is 0.344 e. The number of carbonyl (C=O) groups excluding carboxylic acids is 3. The Morgan fingerprint density at radius 3 is 2.71 bits per heavy atom. The van der Waals surface area contributed by atoms with Crippen LogP contribution in [0, 0.1) is 16.0 Å². The molecule has 2 aliphatic rings. The SMILES string of the molecule is CC1CCC2(CC1)NC(=O)N(NC(=O)Cn1cnc3cc([N+](=O)[O-])ccc3c1=O)C2=O. The number of nitro groups is 1. The highest BCUT2D eigenvalue weighted by molar-refractivity contribution is 6.08. The third-order valence-electron chi connectivity index (χ3n) is 5.86. The van der Waals surface area contributed by atoms with E-state index in [4.69, 9.17) is 0 Å². The fraction of sp³-hybridized carbons (Fsp3) is 0.421. The van der Waals surface area contributed by atoms with Crippen molar-refractivity contribution in [3.8, 4) is 0 Å². The average molecular weight is 428 g/mol. The van der Waals surface area contributed by atoms with Gasteiger partial charge >= 0.3 is 6.03 Å². The van der Waals surface area contributed by atoms with Gasteiger partial charge in [-0.1, -0.05) is 6.92 Å². The molecule has 2 heterocycles. The van der Waals surface area contributed by atoms with E-state index in [0.717, 1.165) is 23.7 Å². The smallest absolute Gasteiger partial charge is 0.322 e. The number of amides is 4. The standard InChI is InChI=1S/C19H20N6O6/c1-11-4-6-19(7-5-11)17(28)24(18(29)21-19)22-15(26)9-23-10-20-14-8-12(25(30)31)2-3-13(14)16(23)27/h2-3,8,10-11H,4-7,9H2,1H3,(H,21,29)(H,22,26). The molecule has 4 amide bonds. The van der Waals surface area contributed by atoms with Crippen LogP contribution in [-0.4, -0.2) is 42.9 Å². The number of urea groups is 1. The fourth-order valence-electron chi connectivity index (χ4n) is 4.00. The van der Waals surface area contributed by atoms with Gasteiger partial charge in [0.25, 0.3) is 23.1 Å². The van der Waals surface area contributed by atoms with E-state index in [0.29, 0.717) is 23.8 Å². The van der Waals surface area contributed by atoms with E-state index < -0.39 is 40.4 Å². The minimum atomic E-state index is -0.993. The molecule has 162 valence electrons. The lowest BCUT2D eigenvalue weighted by Crippen LogP contribution is -2.52. The van der Waals surface area contributed by atoms with Crippen molar-refractivity contribution < 1.29 is 19.3 Å². The van der Waals surface area contributed by atoms with Crippen LogP contribution in [0.1, 0.15) is 32.6 Å². The van der Waals surface area contributed by atoms with Crippen molar-refractivity contribution in [2.24, 2.45) is 5.92 Å². The summed E-state index contributed by atoms with van der Waals surface area (Å²) < 4.78 is 1.00. The molecule has 12 nitrogen and oxygen atoms in total. The number of hydrogen-bond donors (Lipinski definition) is 2. The first-order valence-corrected chi connectivity index (χ1v) is 9.80. The zero-order chi connectivity index (χ0) is 22.3. The van der Waals surface area contributed by atoms with Crippen LogP contribution >= 0.6 is 0 Å². The fourth-order valence-corrected chi connectivity index (χ4v) is 4.00. The largest absolute Gasteiger partial charge is 0.344 e. The Morgan fingerprint density at radius 1 is 1.32 bits per heavy atom. The maximum atomic E-state index is 12.8. The molecule has 1 aromatic carbocycles. The molecule has 1 aromatic heterocycles. The van der Waals surface area contributed by atoms with E-state index in [-0.39, 0.29) is 16.6 Å². The lowest BCUT2D eigenvalue weighted by molar-refractivity contribution is -0.384. The normalized spacial score (nSPS) is 23.3. The van der Waals surface area contributed by atoms with Crippen LogP contribution in [0.3, 0.4) is 0 Å². The van der Waals surface area contributed by atoms with Crippen LogP contribution in [0.25, 0.3) is 10.9 Å². The lowest BCUT2D eigenvalue weighted by Gasteiger charge is -2.33. The van der Waals surface area contributed by atoms with E-state index in [1.165, 1.54) is 18.2 Å². The summed E-state index contributed by atoms with van der Waals surface area (Å²) in [5.41, 5.74) is 0.608. The van der Waals surface area contributed by atoms with Crippen molar-refractivity contribution in [2.45, 2.75) is 44.7 Å². The van der Waals surface area contributed by atoms with Gasteiger partial charge < -0.3 is 5.32 Å². The molecule has 2 aromatic rings. The Morgan fingerprint density at radius 2 is 2.03 bits per heavy atom. The number of carbonyl (C=O) groups is 3. The zero-order valence-corrected chi connectivity index (χ0v) is 16.7. The van der Waals surface area contributed by atoms with Gasteiger partial charge in [0.15, 0.2) is 0 Å². The number of fused-ring (bicyclic) bond motifs is 1. The van der Waals surface area contributed by atoms with Crippen molar-refractivity contribution in [1.82, 2.24) is 25.3 Å². The van der Waals surface area contributed by atoms with Gasteiger partial charge in [-0.15, -0.1) is 0 Å². The zero-order valence-electron chi connectivity index (χ0n) is 16.7. The topological polar surface area (TPSA) is 157 Å². The number of benzene rings is 1. The maximum absolute atomic E-state index is 12.8. The summed E-state index contributed by atoms with van der Waals surface area (Å²) in [6.07, 6.45) is 3.69. The molecule has 1 aliphatic carbocycles. The van der Waals surface area contributed by atoms with E-state index in [1.54, 1.807) is 0 Å². The third kappa shape index (κ3) is 3.60. The summed E-state index contributed by atoms with van der Waals surface area (Å²) in [7, 11) is 0. The first-order chi connectivity index (χ1) is 14.7. The number of imide groups is 1. The van der Waals surface area contributed by atoms with E-state index in [1.807, 2.05) is 0 Å². The number of nitrogens with zero attached hydrogens (tertiary/aromatic N) is 4. The Bertz CT molecular complexity index is 1170. The Labute approximate surface area is 175 Å². The first kappa shape index (κ1) is 20.4. The first-order valence-electron chi connectivity index (χ1n) is 9.80. The van der Waals surface area contributed by atoms with Crippen molar-refractivity contribution in [3.63, 3.8) is 0 Å². The highest BCUT2D eigenvalue weighted by Gasteiger charge is 2.52. The molecule has 1 saturated carbocycles. The number of non-ortho nitro benzene ring substituents is 1. The molecule has 1 spiro atoms. The number of aromatic nitrogens is 2. The molecule has 0 atom stereocenters. The third-order valence-corrected chi connectivity index (χ3v) is 5.86. The number of hydrazine groups is 1. The molecule has 1 saturated heterocycles. The average Bonchev–Trinajstić information content (AvgIpc) is 2.96. The van der Waals surface area contributed by atoms with E-state index in [9.17, 15) is 29.3 Å². The Kier molecular flexibility index (Phi) is 4.91. The van der Waals surface area contributed by atoms with Gasteiger partial charge in [0, 0.05) is 12.1 Å². The highest BCUT2D eigenvalue weighted by Crippen LogP contribution is 2.35. The highest BCUT2D eigenvalue weighted by atomic mass is 16.6. The molecule has 2 fully saturated rings. The molecule has 0 bridgehead atoms. The Hall–Kier alpha value is -3.83. The van der Waals surface area contributed by atoms with Crippen LogP contribution in [0.15, 0.2) is 29.3 Å². The van der Waals surface area contributed by atoms with Crippen LogP contribution in [0.2, 0.25) is 0 Å². The lowest BCUT2D eigenvalue weighted by atomic mass is 9.77. The van der Waals surface area contributed by atoms with Gasteiger partial charge in [-0.25, -0.2) is 9.78 Å². The van der Waals surface area contributed by atoms with Crippen LogP contribution in [0.5, 0.6) is 0 Å². The number of nitro benzene ring substituents is 1. The summed E-state index contributed by atoms with van der Waals surface area (Å²) in [6.45, 7) is 1.60. The summed E-state index contributed by atoms with van der Waals surface area (Å²) in [5, 5.41) is 14.3. The molecule has 0 unspecified atom stereocenters. The van der Waals surface area contributed by atoms with Crippen molar-refractivity contribution >= 4 is 34.4 Å². The molecule has 31 heavy (non-hydrogen) atoms. The van der Waals surface area contributed by atoms with Gasteiger partial charge in [0.05, 0.1) is 22.2 Å². The number of hydrogen-bond acceptors (Lipinski definition) is 7. The second kappa shape index (κ2) is 7.45. The predicted octanol–water partition coefficient (Wildman–Crippen LogP) is 0.837. The van der Waals surface area contributed by atoms with E-state index in [2.05, 4.69) is 22.7 Å². The van der Waals surface area contributed by atoms with Crippen LogP contribution in [-0.2, 0) is 16.1 Å². The summed E-state index contributed by atoms with van der Waals surface area (Å²) in [5.74, 6) is -0.795. The molecule has 2 N–H and O–H groups in total. The van der Waals surface area contributed by atoms with Crippen molar-refractivity contribution in [3.05, 3.63) is 45.0 Å². The summed E-state index contributed by atoms with van der Waals surface area (Å²) >= 11 is 0. The van der Waals surface area contributed by atoms with Crippen molar-refractivity contribution in [2.75, 3.05) is 0 Å². The van der Waals surface area contributed by atoms with Crippen molar-refractivity contribution in [1.29, 1.82) is 0 Å². The van der Waals surface area contributed by atoms with Crippen LogP contribution < -0.4 is 16.3 Å². The quantitative estimate of drug-likeness (QED) is 0.415. The van der Waals surface area contributed by atoms with E-state index >= 15 is 0 Å². The minimum absolute atomic E-state index is 0.103. The summed E-state index contributed by atoms with van der Waals surface area (Å²) in [6, 6.07) is 2.90. The van der Waals surface area contributed by atoms with Gasteiger partial charge in [-0.3, -0.25) is 34.5 Å². The van der Waals surface area contributed by atoms with Crippen LogP contribution in [0.4, 0.5) is 10.5 Å². The van der Waals surface area contributed by atoms with Gasteiger partial charge in [-0.2, -0.15) is 5.01 Å². The predicted molar refractivity (Wildman–Crippen MR) is 107 cm³/mol. The molecule has 4 rings (SSSR count). The monoisotopic (exact) mass is 428 g/mol. The van der Waals surface area contributed by atoms with Gasteiger partial charge in [0.2, 0.25) is 0 Å². The van der Waals surface area contributed by atoms with Gasteiger partial charge in [0.1, 0.15) is 12.1 Å². The summed E-state index contributed by atoms with van der Waals surface area (Å²) in [4.78, 5) is 64.4. The second-order valence-corrected chi connectivity index (χ2v) is 8.01. The number of rotatable bonds is 4. The minimum Gasteiger partial charge on any atom is -0.322 e. The molecule has 1 aliphatic heterocycles. The molecular weight excluding hydrogens is 408 g/mol. The number of nitrogens with one attached hydrogen (secondary N) is 2. The molecule has 12 heteroatoms. The second-order valence-electron chi connectivity index (χ2n) is 8.01.